The van der Waals surface area contributed by atoms with Crippen molar-refractivity contribution < 1.29 is 18.1 Å². The van der Waals surface area contributed by atoms with Crippen LogP contribution in [-0.4, -0.2) is 29.1 Å². The topological polar surface area (TPSA) is 58.4 Å². The quantitative estimate of drug-likeness (QED) is 0.660. The third-order valence-corrected chi connectivity index (χ3v) is 6.17. The van der Waals surface area contributed by atoms with E-state index in [9.17, 15) is 4.79 Å². The summed E-state index contributed by atoms with van der Waals surface area (Å²) in [5, 5.41) is 6.72. The van der Waals surface area contributed by atoms with Gasteiger partial charge in [0.1, 0.15) is 0 Å². The highest BCUT2D eigenvalue weighted by molar-refractivity contribution is 6.02. The minimum Gasteiger partial charge on any atom is -0.356 e. The van der Waals surface area contributed by atoms with Crippen molar-refractivity contribution in [3.63, 3.8) is 0 Å². The summed E-state index contributed by atoms with van der Waals surface area (Å²) in [5.74, 6) is -3.26. The summed E-state index contributed by atoms with van der Waals surface area (Å²) in [5.41, 5.74) is 2.54. The van der Waals surface area contributed by atoms with Crippen molar-refractivity contribution in [2.75, 3.05) is 18.4 Å². The number of rotatable bonds is 5. The Kier molecular flexibility index (Phi) is 4.77. The van der Waals surface area contributed by atoms with Crippen molar-refractivity contribution in [2.45, 2.75) is 38.2 Å². The van der Waals surface area contributed by atoms with E-state index in [1.807, 2.05) is 18.2 Å². The number of alkyl halides is 2. The Labute approximate surface area is 173 Å². The van der Waals surface area contributed by atoms with Crippen LogP contribution in [0.1, 0.15) is 36.1 Å². The lowest BCUT2D eigenvalue weighted by atomic mass is 9.89. The summed E-state index contributed by atoms with van der Waals surface area (Å²) < 4.78 is 35.5. The molecule has 30 heavy (non-hydrogen) atoms. The molecule has 0 atom stereocenters. The first-order valence-corrected chi connectivity index (χ1v) is 10.3. The minimum absolute atomic E-state index is 0.0588. The molecule has 0 bridgehead atoms. The second-order valence-electron chi connectivity index (χ2n) is 8.38. The third-order valence-electron chi connectivity index (χ3n) is 6.17. The van der Waals surface area contributed by atoms with Crippen molar-refractivity contribution in [1.29, 1.82) is 0 Å². The van der Waals surface area contributed by atoms with E-state index in [0.29, 0.717) is 16.6 Å². The molecule has 1 amide bonds. The number of amides is 1. The van der Waals surface area contributed by atoms with Gasteiger partial charge in [-0.15, -0.1) is 0 Å². The summed E-state index contributed by atoms with van der Waals surface area (Å²) in [6.07, 6.45) is 1.45. The predicted molar refractivity (Wildman–Crippen MR) is 109 cm³/mol. The number of halogens is 2. The molecule has 156 valence electrons. The first kappa shape index (κ1) is 19.2. The van der Waals surface area contributed by atoms with Gasteiger partial charge in [-0.05, 0) is 49.0 Å². The van der Waals surface area contributed by atoms with Gasteiger partial charge in [-0.1, -0.05) is 35.5 Å². The lowest BCUT2D eigenvalue weighted by molar-refractivity contribution is -0.115. The van der Waals surface area contributed by atoms with Crippen LogP contribution in [0.5, 0.6) is 0 Å². The molecule has 0 saturated carbocycles. The number of carbonyl (C=O) groups is 1. The normalized spacial score (nSPS) is 18.0. The molecule has 5 rings (SSSR count). The maximum atomic E-state index is 15.2. The highest BCUT2D eigenvalue weighted by atomic mass is 19.3. The number of aromatic nitrogens is 1. The fraction of sp³-hybridized carbons (Fsp3) is 0.391. The number of nitrogens with zero attached hydrogens (tertiary/aromatic N) is 2. The van der Waals surface area contributed by atoms with Crippen LogP contribution in [0.3, 0.4) is 0 Å². The second-order valence-corrected chi connectivity index (χ2v) is 8.38. The maximum absolute atomic E-state index is 15.2. The first-order chi connectivity index (χ1) is 14.5. The Balaban J connectivity index is 1.26. The van der Waals surface area contributed by atoms with E-state index in [1.54, 1.807) is 12.1 Å². The van der Waals surface area contributed by atoms with Gasteiger partial charge in [0.15, 0.2) is 11.3 Å². The Bertz CT molecular complexity index is 1070. The zero-order valence-corrected chi connectivity index (χ0v) is 16.5. The van der Waals surface area contributed by atoms with E-state index in [2.05, 4.69) is 27.5 Å². The van der Waals surface area contributed by atoms with Crippen molar-refractivity contribution in [1.82, 2.24) is 10.1 Å². The largest absolute Gasteiger partial charge is 0.356 e. The molecule has 1 N–H and O–H groups in total. The molecule has 0 spiro atoms. The Morgan fingerprint density at radius 3 is 2.70 bits per heavy atom. The van der Waals surface area contributed by atoms with Gasteiger partial charge in [-0.2, -0.15) is 8.78 Å². The monoisotopic (exact) mass is 411 g/mol. The first-order valence-electron chi connectivity index (χ1n) is 10.3. The molecule has 1 fully saturated rings. The molecule has 5 nitrogen and oxygen atoms in total. The number of fused-ring (bicyclic) bond motifs is 2. The minimum atomic E-state index is -3.07. The molecule has 0 unspecified atom stereocenters. The van der Waals surface area contributed by atoms with Crippen LogP contribution in [0.4, 0.5) is 14.5 Å². The fourth-order valence-corrected chi connectivity index (χ4v) is 4.57. The van der Waals surface area contributed by atoms with Crippen molar-refractivity contribution in [3.05, 3.63) is 59.3 Å². The van der Waals surface area contributed by atoms with E-state index in [0.717, 1.165) is 32.5 Å². The maximum Gasteiger partial charge on any atom is 0.293 e. The average Bonchev–Trinajstić information content (AvgIpc) is 3.30. The number of benzene rings is 2. The molecule has 0 aliphatic carbocycles. The van der Waals surface area contributed by atoms with Crippen LogP contribution in [0.15, 0.2) is 47.0 Å². The number of hydrogen-bond acceptors (Lipinski definition) is 4. The molecule has 2 aliphatic rings. The molecule has 2 aromatic carbocycles. The molecule has 3 aromatic rings. The van der Waals surface area contributed by atoms with Crippen LogP contribution >= 0.6 is 0 Å². The molecule has 7 heteroatoms. The SMILES string of the molecule is O=C1Cc2cc3c(C(F)(F)CC4CCN(Cc5ccccc5)CC4)noc3cc2N1. The van der Waals surface area contributed by atoms with Gasteiger partial charge >= 0.3 is 0 Å². The van der Waals surface area contributed by atoms with Gasteiger partial charge in [0.05, 0.1) is 11.8 Å². The van der Waals surface area contributed by atoms with Gasteiger partial charge in [0, 0.05) is 24.7 Å². The molecule has 0 radical (unpaired) electrons. The van der Waals surface area contributed by atoms with Gasteiger partial charge in [0.25, 0.3) is 5.92 Å². The van der Waals surface area contributed by atoms with Crippen LogP contribution in [0.25, 0.3) is 11.0 Å². The van der Waals surface area contributed by atoms with E-state index < -0.39 is 5.92 Å². The Morgan fingerprint density at radius 1 is 1.17 bits per heavy atom. The summed E-state index contributed by atoms with van der Waals surface area (Å²) in [7, 11) is 0. The molecule has 2 aliphatic heterocycles. The Morgan fingerprint density at radius 2 is 1.93 bits per heavy atom. The van der Waals surface area contributed by atoms with Gasteiger partial charge in [-0.25, -0.2) is 0 Å². The van der Waals surface area contributed by atoms with Gasteiger partial charge in [-0.3, -0.25) is 9.69 Å². The number of piperidine rings is 1. The summed E-state index contributed by atoms with van der Waals surface area (Å²) in [4.78, 5) is 13.9. The highest BCUT2D eigenvalue weighted by Gasteiger charge is 2.40. The van der Waals surface area contributed by atoms with Crippen LogP contribution in [-0.2, 0) is 23.7 Å². The zero-order valence-electron chi connectivity index (χ0n) is 16.5. The summed E-state index contributed by atoms with van der Waals surface area (Å²) >= 11 is 0. The van der Waals surface area contributed by atoms with Crippen LogP contribution < -0.4 is 5.32 Å². The van der Waals surface area contributed by atoms with E-state index in [4.69, 9.17) is 4.52 Å². The second kappa shape index (κ2) is 7.47. The molecular formula is C23H23F2N3O2. The molecule has 1 saturated heterocycles. The molecular weight excluding hydrogens is 388 g/mol. The predicted octanol–water partition coefficient (Wildman–Crippen LogP) is 4.72. The van der Waals surface area contributed by atoms with Crippen molar-refractivity contribution in [3.8, 4) is 0 Å². The van der Waals surface area contributed by atoms with E-state index in [-0.39, 0.29) is 35.9 Å². The van der Waals surface area contributed by atoms with Crippen molar-refractivity contribution >= 4 is 22.6 Å². The lowest BCUT2D eigenvalue weighted by Crippen LogP contribution is -2.35. The fourth-order valence-electron chi connectivity index (χ4n) is 4.57. The lowest BCUT2D eigenvalue weighted by Gasteiger charge is -2.33. The summed E-state index contributed by atoms with van der Waals surface area (Å²) in [6, 6.07) is 13.4. The smallest absolute Gasteiger partial charge is 0.293 e. The number of nitrogens with one attached hydrogen (secondary N) is 1. The third kappa shape index (κ3) is 3.69. The molecule has 1 aromatic heterocycles. The van der Waals surface area contributed by atoms with Gasteiger partial charge in [0.2, 0.25) is 5.91 Å². The van der Waals surface area contributed by atoms with E-state index in [1.165, 1.54) is 5.56 Å². The number of likely N-dealkylation sites (tertiary alicyclic amines) is 1. The zero-order chi connectivity index (χ0) is 20.7. The molecule has 3 heterocycles. The number of hydrogen-bond donors (Lipinski definition) is 1. The standard InChI is InChI=1S/C23H23F2N3O2/c24-23(25,13-15-6-8-28(9-7-15)14-16-4-2-1-3-5-16)22-18-10-17-11-21(29)26-19(17)12-20(18)30-27-22/h1-5,10,12,15H,6-9,11,13-14H2,(H,26,29). The van der Waals surface area contributed by atoms with Crippen LogP contribution in [0, 0.1) is 5.92 Å². The number of carbonyl (C=O) groups excluding carboxylic acids is 1. The Hall–Kier alpha value is -2.80. The average molecular weight is 411 g/mol. The van der Waals surface area contributed by atoms with Crippen molar-refractivity contribution in [2.24, 2.45) is 5.92 Å². The highest BCUT2D eigenvalue weighted by Crippen LogP contribution is 2.42. The number of anilines is 1. The van der Waals surface area contributed by atoms with Gasteiger partial charge < -0.3 is 9.84 Å². The van der Waals surface area contributed by atoms with E-state index >= 15 is 8.78 Å². The summed E-state index contributed by atoms with van der Waals surface area (Å²) in [6.45, 7) is 2.49. The van der Waals surface area contributed by atoms with Crippen LogP contribution in [0.2, 0.25) is 0 Å².